The van der Waals surface area contributed by atoms with Crippen LogP contribution in [0.2, 0.25) is 0 Å². The van der Waals surface area contributed by atoms with Crippen LogP contribution in [0.3, 0.4) is 0 Å². The number of aliphatic hydroxyl groups excluding tert-OH is 1. The maximum Gasteiger partial charge on any atom is 0.319 e. The molecule has 0 saturated heterocycles. The van der Waals surface area contributed by atoms with E-state index in [0.29, 0.717) is 12.2 Å². The van der Waals surface area contributed by atoms with Gasteiger partial charge in [0.2, 0.25) is 5.91 Å². The van der Waals surface area contributed by atoms with Gasteiger partial charge in [-0.1, -0.05) is 18.2 Å². The van der Waals surface area contributed by atoms with Crippen LogP contribution < -0.4 is 16.0 Å². The third-order valence-electron chi connectivity index (χ3n) is 3.45. The largest absolute Gasteiger partial charge is 0.394 e. The molecule has 0 radical (unpaired) electrons. The summed E-state index contributed by atoms with van der Waals surface area (Å²) in [5.41, 5.74) is 0.846. The van der Waals surface area contributed by atoms with Crippen LogP contribution >= 0.6 is 11.3 Å². The first-order valence-electron chi connectivity index (χ1n) is 7.96. The number of aliphatic hydroxyl groups is 1. The molecular weight excluding hydrogens is 338 g/mol. The molecule has 25 heavy (non-hydrogen) atoms. The minimum Gasteiger partial charge on any atom is -0.394 e. The Bertz CT molecular complexity index is 697. The van der Waals surface area contributed by atoms with Gasteiger partial charge in [-0.05, 0) is 43.0 Å². The fraction of sp³-hybridized carbons (Fsp3) is 0.333. The Morgan fingerprint density at radius 2 is 1.88 bits per heavy atom. The monoisotopic (exact) mass is 361 g/mol. The lowest BCUT2D eigenvalue weighted by atomic mass is 10.1. The van der Waals surface area contributed by atoms with Crippen LogP contribution in [-0.4, -0.2) is 29.2 Å². The van der Waals surface area contributed by atoms with Gasteiger partial charge >= 0.3 is 6.03 Å². The molecule has 134 valence electrons. The number of carbonyl (C=O) groups excluding carboxylic acids is 2. The average molecular weight is 361 g/mol. The molecule has 2 aromatic rings. The third kappa shape index (κ3) is 6.56. The number of benzene rings is 1. The number of nitrogens with one attached hydrogen (secondary N) is 3. The van der Waals surface area contributed by atoms with Crippen molar-refractivity contribution < 1.29 is 14.7 Å². The molecule has 0 atom stereocenters. The smallest absolute Gasteiger partial charge is 0.319 e. The van der Waals surface area contributed by atoms with Crippen molar-refractivity contribution >= 4 is 29.0 Å². The van der Waals surface area contributed by atoms with E-state index in [2.05, 4.69) is 16.0 Å². The molecule has 0 saturated carbocycles. The first kappa shape index (κ1) is 19.0. The number of anilines is 1. The van der Waals surface area contributed by atoms with Crippen LogP contribution in [0.25, 0.3) is 0 Å². The van der Waals surface area contributed by atoms with Gasteiger partial charge in [-0.2, -0.15) is 0 Å². The molecule has 0 spiro atoms. The Morgan fingerprint density at radius 3 is 2.48 bits per heavy atom. The Kier molecular flexibility index (Phi) is 6.55. The van der Waals surface area contributed by atoms with Gasteiger partial charge in [-0.3, -0.25) is 4.79 Å². The summed E-state index contributed by atoms with van der Waals surface area (Å²) in [5.74, 6) is -0.159. The molecule has 0 bridgehead atoms. The number of urea groups is 1. The highest BCUT2D eigenvalue weighted by Gasteiger charge is 2.18. The fourth-order valence-corrected chi connectivity index (χ4v) is 2.75. The zero-order chi connectivity index (χ0) is 18.3. The van der Waals surface area contributed by atoms with Gasteiger partial charge in [0.1, 0.15) is 0 Å². The molecule has 0 fully saturated rings. The molecule has 2 rings (SSSR count). The highest BCUT2D eigenvalue weighted by atomic mass is 32.1. The molecule has 0 aliphatic rings. The van der Waals surface area contributed by atoms with Crippen molar-refractivity contribution in [2.24, 2.45) is 0 Å². The molecular formula is C18H23N3O3S. The van der Waals surface area contributed by atoms with Crippen molar-refractivity contribution in [3.8, 4) is 0 Å². The van der Waals surface area contributed by atoms with Crippen LogP contribution in [-0.2, 0) is 17.8 Å². The molecule has 1 aromatic heterocycles. The van der Waals surface area contributed by atoms with Gasteiger partial charge in [-0.25, -0.2) is 4.79 Å². The van der Waals surface area contributed by atoms with Crippen LogP contribution in [0.15, 0.2) is 41.8 Å². The van der Waals surface area contributed by atoms with E-state index < -0.39 is 5.54 Å². The predicted octanol–water partition coefficient (Wildman–Crippen LogP) is 2.50. The number of thiophene rings is 1. The average Bonchev–Trinajstić information content (AvgIpc) is 3.08. The third-order valence-corrected chi connectivity index (χ3v) is 4.33. The van der Waals surface area contributed by atoms with E-state index in [0.717, 1.165) is 10.4 Å². The molecule has 1 aromatic carbocycles. The van der Waals surface area contributed by atoms with Crippen molar-refractivity contribution in [3.63, 3.8) is 0 Å². The fourth-order valence-electron chi connectivity index (χ4n) is 2.11. The highest BCUT2D eigenvalue weighted by Crippen LogP contribution is 2.11. The summed E-state index contributed by atoms with van der Waals surface area (Å²) in [7, 11) is 0. The Hall–Kier alpha value is -2.38. The normalized spacial score (nSPS) is 11.0. The summed E-state index contributed by atoms with van der Waals surface area (Å²) < 4.78 is 0. The second-order valence-corrected chi connectivity index (χ2v) is 7.38. The topological polar surface area (TPSA) is 90.5 Å². The zero-order valence-electron chi connectivity index (χ0n) is 14.3. The number of carbonyl (C=O) groups is 2. The van der Waals surface area contributed by atoms with Gasteiger partial charge in [0.15, 0.2) is 0 Å². The van der Waals surface area contributed by atoms with Gasteiger partial charge in [-0.15, -0.1) is 11.3 Å². The molecule has 0 aliphatic heterocycles. The molecule has 0 unspecified atom stereocenters. The van der Waals surface area contributed by atoms with Crippen molar-refractivity contribution in [1.82, 2.24) is 10.6 Å². The first-order chi connectivity index (χ1) is 11.9. The second kappa shape index (κ2) is 8.64. The molecule has 4 N–H and O–H groups in total. The van der Waals surface area contributed by atoms with Gasteiger partial charge in [0.25, 0.3) is 0 Å². The lowest BCUT2D eigenvalue weighted by molar-refractivity contribution is -0.122. The lowest BCUT2D eigenvalue weighted by Crippen LogP contribution is -2.46. The minimum atomic E-state index is -0.640. The maximum atomic E-state index is 11.9. The Labute approximate surface area is 151 Å². The summed E-state index contributed by atoms with van der Waals surface area (Å²) in [6.45, 7) is 3.88. The lowest BCUT2D eigenvalue weighted by Gasteiger charge is -2.23. The summed E-state index contributed by atoms with van der Waals surface area (Å²) in [5, 5.41) is 19.4. The SMILES string of the molecule is CC(C)(CO)NC(=O)Cc1ccc(NC(=O)NCc2cccs2)cc1. The molecule has 3 amide bonds. The number of hydrogen-bond acceptors (Lipinski definition) is 4. The van der Waals surface area contributed by atoms with E-state index in [1.807, 2.05) is 17.5 Å². The van der Waals surface area contributed by atoms with Crippen LogP contribution in [0.4, 0.5) is 10.5 Å². The number of amides is 3. The van der Waals surface area contributed by atoms with Crippen LogP contribution in [0.5, 0.6) is 0 Å². The predicted molar refractivity (Wildman–Crippen MR) is 99.6 cm³/mol. The molecule has 7 heteroatoms. The van der Waals surface area contributed by atoms with E-state index in [-0.39, 0.29) is 25.0 Å². The first-order valence-corrected chi connectivity index (χ1v) is 8.84. The standard InChI is InChI=1S/C18H23N3O3S/c1-18(2,12-22)21-16(23)10-13-5-7-14(8-6-13)20-17(24)19-11-15-4-3-9-25-15/h3-9,22H,10-12H2,1-2H3,(H,21,23)(H2,19,20,24). The van der Waals surface area contributed by atoms with E-state index in [9.17, 15) is 14.7 Å². The van der Waals surface area contributed by atoms with E-state index in [1.54, 1.807) is 49.4 Å². The van der Waals surface area contributed by atoms with Crippen molar-refractivity contribution in [3.05, 3.63) is 52.2 Å². The van der Waals surface area contributed by atoms with Crippen LogP contribution in [0, 0.1) is 0 Å². The van der Waals surface area contributed by atoms with Gasteiger partial charge < -0.3 is 21.1 Å². The Balaban J connectivity index is 1.81. The molecule has 6 nitrogen and oxygen atoms in total. The number of hydrogen-bond donors (Lipinski definition) is 4. The second-order valence-electron chi connectivity index (χ2n) is 6.35. The molecule has 1 heterocycles. The highest BCUT2D eigenvalue weighted by molar-refractivity contribution is 7.09. The van der Waals surface area contributed by atoms with E-state index in [4.69, 9.17) is 0 Å². The Morgan fingerprint density at radius 1 is 1.16 bits per heavy atom. The maximum absolute atomic E-state index is 11.9. The zero-order valence-corrected chi connectivity index (χ0v) is 15.2. The molecule has 0 aliphatic carbocycles. The summed E-state index contributed by atoms with van der Waals surface area (Å²) in [6.07, 6.45) is 0.217. The van der Waals surface area contributed by atoms with Crippen molar-refractivity contribution in [1.29, 1.82) is 0 Å². The summed E-state index contributed by atoms with van der Waals surface area (Å²) in [4.78, 5) is 24.9. The van der Waals surface area contributed by atoms with E-state index >= 15 is 0 Å². The minimum absolute atomic E-state index is 0.123. The van der Waals surface area contributed by atoms with Crippen molar-refractivity contribution in [2.75, 3.05) is 11.9 Å². The summed E-state index contributed by atoms with van der Waals surface area (Å²) >= 11 is 1.59. The summed E-state index contributed by atoms with van der Waals surface area (Å²) in [6, 6.07) is 10.7. The van der Waals surface area contributed by atoms with Gasteiger partial charge in [0.05, 0.1) is 25.1 Å². The number of rotatable bonds is 7. The van der Waals surface area contributed by atoms with E-state index in [1.165, 1.54) is 0 Å². The quantitative estimate of drug-likeness (QED) is 0.611. The van der Waals surface area contributed by atoms with Crippen LogP contribution in [0.1, 0.15) is 24.3 Å². The van der Waals surface area contributed by atoms with Gasteiger partial charge in [0, 0.05) is 10.6 Å². The van der Waals surface area contributed by atoms with Crippen molar-refractivity contribution in [2.45, 2.75) is 32.4 Å².